The summed E-state index contributed by atoms with van der Waals surface area (Å²) in [5.74, 6) is -0.447. The molecule has 3 rings (SSSR count). The van der Waals surface area contributed by atoms with Crippen molar-refractivity contribution in [1.29, 1.82) is 0 Å². The van der Waals surface area contributed by atoms with E-state index in [0.717, 1.165) is 0 Å². The maximum Gasteiger partial charge on any atom is 0.252 e. The monoisotopic (exact) mass is 411 g/mol. The Hall–Kier alpha value is -1.81. The predicted octanol–water partition coefficient (Wildman–Crippen LogP) is 1.85. The standard InChI is InChI=1S/C18H22FN3O3S2/c1-20(13-15-5-2-3-6-16(15)19)17(23)14-21-8-10-22(11-9-21)27(24,25)18-7-4-12-26-18/h2-7,12H,8-11,13-14H2,1H3. The van der Waals surface area contributed by atoms with Crippen molar-refractivity contribution in [2.45, 2.75) is 10.8 Å². The summed E-state index contributed by atoms with van der Waals surface area (Å²) in [5.41, 5.74) is 0.472. The molecule has 0 N–H and O–H groups in total. The molecule has 0 aliphatic carbocycles. The van der Waals surface area contributed by atoms with Gasteiger partial charge in [0.25, 0.3) is 10.0 Å². The topological polar surface area (TPSA) is 60.9 Å². The number of nitrogens with zero attached hydrogens (tertiary/aromatic N) is 3. The molecule has 1 saturated heterocycles. The lowest BCUT2D eigenvalue weighted by Crippen LogP contribution is -2.51. The number of thiophene rings is 1. The molecule has 0 radical (unpaired) electrons. The lowest BCUT2D eigenvalue weighted by molar-refractivity contribution is -0.131. The third-order valence-electron chi connectivity index (χ3n) is 4.57. The number of carbonyl (C=O) groups excluding carboxylic acids is 1. The number of likely N-dealkylation sites (N-methyl/N-ethyl adjacent to an activating group) is 1. The zero-order chi connectivity index (χ0) is 19.4. The van der Waals surface area contributed by atoms with Gasteiger partial charge in [0.15, 0.2) is 0 Å². The molecule has 6 nitrogen and oxygen atoms in total. The Balaban J connectivity index is 1.51. The van der Waals surface area contributed by atoms with Crippen LogP contribution in [0.15, 0.2) is 46.0 Å². The first-order chi connectivity index (χ1) is 12.9. The van der Waals surface area contributed by atoms with E-state index in [1.165, 1.54) is 26.6 Å². The van der Waals surface area contributed by atoms with Crippen LogP contribution in [0.1, 0.15) is 5.56 Å². The zero-order valence-electron chi connectivity index (χ0n) is 15.0. The highest BCUT2D eigenvalue weighted by atomic mass is 32.2. The molecule has 0 spiro atoms. The van der Waals surface area contributed by atoms with Crippen molar-refractivity contribution in [3.8, 4) is 0 Å². The van der Waals surface area contributed by atoms with E-state index in [0.29, 0.717) is 36.0 Å². The highest BCUT2D eigenvalue weighted by Gasteiger charge is 2.30. The number of rotatable bonds is 6. The van der Waals surface area contributed by atoms with Crippen molar-refractivity contribution in [3.63, 3.8) is 0 Å². The number of piperazine rings is 1. The van der Waals surface area contributed by atoms with Crippen LogP contribution in [0.4, 0.5) is 4.39 Å². The van der Waals surface area contributed by atoms with E-state index < -0.39 is 10.0 Å². The maximum atomic E-state index is 13.7. The Bertz CT molecular complexity index is 879. The van der Waals surface area contributed by atoms with Gasteiger partial charge < -0.3 is 4.90 Å². The summed E-state index contributed by atoms with van der Waals surface area (Å²) in [6.07, 6.45) is 0. The number of benzene rings is 1. The third-order valence-corrected chi connectivity index (χ3v) is 7.84. The summed E-state index contributed by atoms with van der Waals surface area (Å²) in [6.45, 7) is 2.08. The molecule has 0 bridgehead atoms. The molecule has 1 aromatic heterocycles. The molecule has 2 heterocycles. The SMILES string of the molecule is CN(Cc1ccccc1F)C(=O)CN1CCN(S(=O)(=O)c2cccs2)CC1. The maximum absolute atomic E-state index is 13.7. The van der Waals surface area contributed by atoms with Crippen molar-refractivity contribution in [1.82, 2.24) is 14.1 Å². The van der Waals surface area contributed by atoms with Gasteiger partial charge in [0.05, 0.1) is 6.54 Å². The zero-order valence-corrected chi connectivity index (χ0v) is 16.7. The average molecular weight is 412 g/mol. The first kappa shape index (κ1) is 19.9. The van der Waals surface area contributed by atoms with Gasteiger partial charge >= 0.3 is 0 Å². The van der Waals surface area contributed by atoms with Gasteiger partial charge in [-0.2, -0.15) is 4.31 Å². The van der Waals surface area contributed by atoms with Crippen LogP contribution in [0.25, 0.3) is 0 Å². The molecule has 1 fully saturated rings. The number of sulfonamides is 1. The van der Waals surface area contributed by atoms with E-state index >= 15 is 0 Å². The second-order valence-corrected chi connectivity index (χ2v) is 9.57. The summed E-state index contributed by atoms with van der Waals surface area (Å²) in [5, 5.41) is 1.74. The molecule has 146 valence electrons. The summed E-state index contributed by atoms with van der Waals surface area (Å²) < 4.78 is 40.6. The van der Waals surface area contributed by atoms with Gasteiger partial charge in [-0.3, -0.25) is 9.69 Å². The van der Waals surface area contributed by atoms with Crippen molar-refractivity contribution >= 4 is 27.3 Å². The molecule has 0 atom stereocenters. The normalized spacial score (nSPS) is 16.4. The van der Waals surface area contributed by atoms with Crippen molar-refractivity contribution in [2.75, 3.05) is 39.8 Å². The molecule has 1 amide bonds. The van der Waals surface area contributed by atoms with Crippen LogP contribution in [0.5, 0.6) is 0 Å². The van der Waals surface area contributed by atoms with E-state index in [1.807, 2.05) is 4.90 Å². The third kappa shape index (κ3) is 4.73. The van der Waals surface area contributed by atoms with Crippen LogP contribution in [-0.4, -0.2) is 68.2 Å². The quantitative estimate of drug-likeness (QED) is 0.728. The highest BCUT2D eigenvalue weighted by molar-refractivity contribution is 7.91. The minimum absolute atomic E-state index is 0.118. The second-order valence-electron chi connectivity index (χ2n) is 6.45. The Morgan fingerprint density at radius 2 is 1.85 bits per heavy atom. The Kier molecular flexibility index (Phi) is 6.25. The molecule has 27 heavy (non-hydrogen) atoms. The first-order valence-electron chi connectivity index (χ1n) is 8.61. The summed E-state index contributed by atoms with van der Waals surface area (Å²) >= 11 is 1.21. The van der Waals surface area contributed by atoms with Gasteiger partial charge in [-0.25, -0.2) is 12.8 Å². The minimum atomic E-state index is -3.44. The molecule has 1 aliphatic rings. The predicted molar refractivity (Wildman–Crippen MR) is 102 cm³/mol. The molecule has 1 aromatic carbocycles. The smallest absolute Gasteiger partial charge is 0.252 e. The Labute approximate surface area is 162 Å². The first-order valence-corrected chi connectivity index (χ1v) is 10.9. The van der Waals surface area contributed by atoms with Crippen LogP contribution in [0, 0.1) is 5.82 Å². The van der Waals surface area contributed by atoms with Gasteiger partial charge in [0.1, 0.15) is 10.0 Å². The minimum Gasteiger partial charge on any atom is -0.340 e. The number of hydrogen-bond donors (Lipinski definition) is 0. The van der Waals surface area contributed by atoms with E-state index in [4.69, 9.17) is 0 Å². The lowest BCUT2D eigenvalue weighted by Gasteiger charge is -2.34. The van der Waals surface area contributed by atoms with Gasteiger partial charge in [0, 0.05) is 45.3 Å². The summed E-state index contributed by atoms with van der Waals surface area (Å²) in [7, 11) is -1.80. The fraction of sp³-hybridized carbons (Fsp3) is 0.389. The number of carbonyl (C=O) groups is 1. The van der Waals surface area contributed by atoms with E-state index in [1.54, 1.807) is 42.8 Å². The molecule has 2 aromatic rings. The molecule has 0 saturated carbocycles. The fourth-order valence-corrected chi connectivity index (χ4v) is 5.51. The Morgan fingerprint density at radius 3 is 2.48 bits per heavy atom. The van der Waals surface area contributed by atoms with Gasteiger partial charge in [-0.1, -0.05) is 24.3 Å². The molecule has 1 aliphatic heterocycles. The second kappa shape index (κ2) is 8.47. The van der Waals surface area contributed by atoms with Crippen LogP contribution in [-0.2, 0) is 21.4 Å². The van der Waals surface area contributed by atoms with Crippen molar-refractivity contribution in [2.24, 2.45) is 0 Å². The average Bonchev–Trinajstić information content (AvgIpc) is 3.19. The number of hydrogen-bond acceptors (Lipinski definition) is 5. The van der Waals surface area contributed by atoms with E-state index in [9.17, 15) is 17.6 Å². The largest absolute Gasteiger partial charge is 0.340 e. The fourth-order valence-electron chi connectivity index (χ4n) is 2.95. The lowest BCUT2D eigenvalue weighted by atomic mass is 10.2. The Morgan fingerprint density at radius 1 is 1.15 bits per heavy atom. The van der Waals surface area contributed by atoms with Gasteiger partial charge in [-0.05, 0) is 17.5 Å². The molecule has 0 unspecified atom stereocenters. The number of halogens is 1. The van der Waals surface area contributed by atoms with E-state index in [2.05, 4.69) is 0 Å². The van der Waals surface area contributed by atoms with Gasteiger partial charge in [-0.15, -0.1) is 11.3 Å². The van der Waals surface area contributed by atoms with E-state index in [-0.39, 0.29) is 24.8 Å². The molecular formula is C18H22FN3O3S2. The highest BCUT2D eigenvalue weighted by Crippen LogP contribution is 2.22. The van der Waals surface area contributed by atoms with Crippen LogP contribution in [0.2, 0.25) is 0 Å². The van der Waals surface area contributed by atoms with Crippen molar-refractivity contribution in [3.05, 3.63) is 53.2 Å². The molecular weight excluding hydrogens is 389 g/mol. The summed E-state index contributed by atoms with van der Waals surface area (Å²) in [4.78, 5) is 15.8. The summed E-state index contributed by atoms with van der Waals surface area (Å²) in [6, 6.07) is 9.72. The number of amides is 1. The van der Waals surface area contributed by atoms with Crippen molar-refractivity contribution < 1.29 is 17.6 Å². The van der Waals surface area contributed by atoms with Crippen LogP contribution in [0.3, 0.4) is 0 Å². The van der Waals surface area contributed by atoms with Gasteiger partial charge in [0.2, 0.25) is 5.91 Å². The molecule has 9 heteroatoms. The van der Waals surface area contributed by atoms with Crippen LogP contribution >= 0.6 is 11.3 Å². The van der Waals surface area contributed by atoms with Crippen LogP contribution < -0.4 is 0 Å².